The molecule has 2 aromatic rings. The first-order chi connectivity index (χ1) is 16.5. The minimum absolute atomic E-state index is 0.0363. The summed E-state index contributed by atoms with van der Waals surface area (Å²) in [6.45, 7) is 6.74. The third kappa shape index (κ3) is 4.67. The molecule has 6 nitrogen and oxygen atoms in total. The Balaban J connectivity index is 1.31. The van der Waals surface area contributed by atoms with Crippen molar-refractivity contribution < 1.29 is 19.1 Å². The fraction of sp³-hybridized carbons (Fsp3) is 0.556. The van der Waals surface area contributed by atoms with Gasteiger partial charge in [0.2, 0.25) is 12.7 Å². The van der Waals surface area contributed by atoms with Crippen molar-refractivity contribution in [1.82, 2.24) is 9.80 Å². The molecule has 182 valence electrons. The van der Waals surface area contributed by atoms with Crippen LogP contribution in [0.2, 0.25) is 0 Å². The second kappa shape index (κ2) is 9.98. The van der Waals surface area contributed by atoms with Crippen LogP contribution in [0.1, 0.15) is 61.2 Å². The van der Waals surface area contributed by atoms with Gasteiger partial charge in [-0.3, -0.25) is 9.59 Å². The zero-order valence-electron chi connectivity index (χ0n) is 20.1. The Morgan fingerprint density at radius 2 is 1.85 bits per heavy atom. The molecule has 5 rings (SSSR count). The maximum atomic E-state index is 14.0. The van der Waals surface area contributed by atoms with Gasteiger partial charge in [0.05, 0.1) is 4.88 Å². The summed E-state index contributed by atoms with van der Waals surface area (Å²) in [6.07, 6.45) is 4.90. The summed E-state index contributed by atoms with van der Waals surface area (Å²) < 4.78 is 11.1. The summed E-state index contributed by atoms with van der Waals surface area (Å²) in [5, 5.41) is 1.93. The zero-order valence-corrected chi connectivity index (χ0v) is 20.9. The highest BCUT2D eigenvalue weighted by molar-refractivity contribution is 7.12. The molecule has 3 aliphatic rings. The topological polar surface area (TPSA) is 59.1 Å². The SMILES string of the molecule is C[C@H]1[C@H](C)CCC[C@H]1N(Cc1ccc2c(c1)OCO2)C(=O)C1CCN(C(=O)c2cccs2)CC1. The number of rotatable bonds is 5. The Bertz CT molecular complexity index is 1020. The summed E-state index contributed by atoms with van der Waals surface area (Å²) in [7, 11) is 0. The van der Waals surface area contributed by atoms with Gasteiger partial charge in [-0.05, 0) is 60.2 Å². The average molecular weight is 483 g/mol. The van der Waals surface area contributed by atoms with Crippen molar-refractivity contribution in [3.8, 4) is 11.5 Å². The van der Waals surface area contributed by atoms with Gasteiger partial charge >= 0.3 is 0 Å². The number of ether oxygens (including phenoxy) is 2. The highest BCUT2D eigenvalue weighted by atomic mass is 32.1. The Hall–Kier alpha value is -2.54. The molecule has 0 N–H and O–H groups in total. The molecule has 1 aromatic carbocycles. The monoisotopic (exact) mass is 482 g/mol. The molecule has 1 aromatic heterocycles. The van der Waals surface area contributed by atoms with Crippen molar-refractivity contribution in [2.24, 2.45) is 17.8 Å². The Labute approximate surface area is 205 Å². The second-order valence-electron chi connectivity index (χ2n) is 10.0. The third-order valence-electron chi connectivity index (χ3n) is 8.00. The minimum Gasteiger partial charge on any atom is -0.454 e. The van der Waals surface area contributed by atoms with Crippen LogP contribution >= 0.6 is 11.3 Å². The van der Waals surface area contributed by atoms with Crippen LogP contribution in [0.5, 0.6) is 11.5 Å². The van der Waals surface area contributed by atoms with Crippen LogP contribution in [-0.2, 0) is 11.3 Å². The van der Waals surface area contributed by atoms with E-state index in [0.29, 0.717) is 31.5 Å². The highest BCUT2D eigenvalue weighted by Gasteiger charge is 2.38. The lowest BCUT2D eigenvalue weighted by Gasteiger charge is -2.44. The average Bonchev–Trinajstić information content (AvgIpc) is 3.56. The number of hydrogen-bond donors (Lipinski definition) is 0. The van der Waals surface area contributed by atoms with Gasteiger partial charge in [0, 0.05) is 31.6 Å². The normalized spacial score (nSPS) is 24.8. The maximum absolute atomic E-state index is 14.0. The number of thiophene rings is 1. The van der Waals surface area contributed by atoms with E-state index in [0.717, 1.165) is 47.6 Å². The van der Waals surface area contributed by atoms with E-state index in [-0.39, 0.29) is 30.6 Å². The van der Waals surface area contributed by atoms with Gasteiger partial charge in [0.1, 0.15) is 0 Å². The number of carbonyl (C=O) groups excluding carboxylic acids is 2. The van der Waals surface area contributed by atoms with Crippen LogP contribution in [-0.4, -0.2) is 47.5 Å². The van der Waals surface area contributed by atoms with Crippen molar-refractivity contribution in [1.29, 1.82) is 0 Å². The molecule has 0 unspecified atom stereocenters. The van der Waals surface area contributed by atoms with Gasteiger partial charge in [0.15, 0.2) is 11.5 Å². The van der Waals surface area contributed by atoms with E-state index in [4.69, 9.17) is 9.47 Å². The minimum atomic E-state index is -0.0363. The van der Waals surface area contributed by atoms with Crippen molar-refractivity contribution >= 4 is 23.2 Å². The van der Waals surface area contributed by atoms with E-state index in [2.05, 4.69) is 18.7 Å². The van der Waals surface area contributed by atoms with Crippen molar-refractivity contribution in [3.05, 3.63) is 46.2 Å². The number of hydrogen-bond acceptors (Lipinski definition) is 5. The Morgan fingerprint density at radius 1 is 1.06 bits per heavy atom. The van der Waals surface area contributed by atoms with E-state index in [9.17, 15) is 9.59 Å². The van der Waals surface area contributed by atoms with Crippen molar-refractivity contribution in [3.63, 3.8) is 0 Å². The first-order valence-electron chi connectivity index (χ1n) is 12.5. The van der Waals surface area contributed by atoms with Crippen LogP contribution in [0.15, 0.2) is 35.7 Å². The van der Waals surface area contributed by atoms with Gasteiger partial charge < -0.3 is 19.3 Å². The molecule has 7 heteroatoms. The molecule has 0 spiro atoms. The van der Waals surface area contributed by atoms with E-state index in [1.165, 1.54) is 17.8 Å². The van der Waals surface area contributed by atoms with Crippen LogP contribution in [0.3, 0.4) is 0 Å². The first-order valence-corrected chi connectivity index (χ1v) is 13.4. The fourth-order valence-corrected chi connectivity index (χ4v) is 6.40. The molecule has 0 bridgehead atoms. The summed E-state index contributed by atoms with van der Waals surface area (Å²) in [5.41, 5.74) is 1.08. The molecular weight excluding hydrogens is 448 g/mol. The van der Waals surface area contributed by atoms with E-state index in [1.807, 2.05) is 40.6 Å². The first kappa shape index (κ1) is 23.2. The van der Waals surface area contributed by atoms with Crippen LogP contribution in [0.25, 0.3) is 0 Å². The van der Waals surface area contributed by atoms with E-state index < -0.39 is 0 Å². The lowest BCUT2D eigenvalue weighted by atomic mass is 9.76. The molecule has 2 aliphatic heterocycles. The summed E-state index contributed by atoms with van der Waals surface area (Å²) >= 11 is 1.48. The van der Waals surface area contributed by atoms with Crippen molar-refractivity contribution in [2.45, 2.75) is 58.5 Å². The molecule has 3 heterocycles. The summed E-state index contributed by atoms with van der Waals surface area (Å²) in [6, 6.07) is 10.0. The van der Waals surface area contributed by atoms with Gasteiger partial charge in [-0.15, -0.1) is 11.3 Å². The number of benzene rings is 1. The van der Waals surface area contributed by atoms with Crippen LogP contribution in [0.4, 0.5) is 0 Å². The molecule has 1 aliphatic carbocycles. The standard InChI is InChI=1S/C27H34N2O4S/c1-18-5-3-6-22(19(18)2)29(16-20-8-9-23-24(15-20)33-17-32-23)26(30)21-10-12-28(13-11-21)27(31)25-7-4-14-34-25/h4,7-9,14-15,18-19,21-22H,3,5-6,10-13,16-17H2,1-2H3/t18-,19+,22-/m1/s1. The van der Waals surface area contributed by atoms with Crippen LogP contribution < -0.4 is 9.47 Å². The predicted molar refractivity (Wildman–Crippen MR) is 132 cm³/mol. The quantitative estimate of drug-likeness (QED) is 0.589. The van der Waals surface area contributed by atoms with Crippen LogP contribution in [0, 0.1) is 17.8 Å². The molecule has 1 saturated carbocycles. The predicted octanol–water partition coefficient (Wildman–Crippen LogP) is 5.18. The Morgan fingerprint density at radius 3 is 2.62 bits per heavy atom. The smallest absolute Gasteiger partial charge is 0.263 e. The van der Waals surface area contributed by atoms with E-state index >= 15 is 0 Å². The highest BCUT2D eigenvalue weighted by Crippen LogP contribution is 2.37. The number of piperidine rings is 1. The molecule has 2 fully saturated rings. The fourth-order valence-electron chi connectivity index (χ4n) is 5.71. The van der Waals surface area contributed by atoms with E-state index in [1.54, 1.807) is 0 Å². The lowest BCUT2D eigenvalue weighted by Crippen LogP contribution is -2.51. The number of likely N-dealkylation sites (tertiary alicyclic amines) is 1. The molecule has 1 saturated heterocycles. The molecule has 0 radical (unpaired) electrons. The zero-order chi connectivity index (χ0) is 23.7. The molecule has 3 atom stereocenters. The number of nitrogens with zero attached hydrogens (tertiary/aromatic N) is 2. The molecule has 2 amide bonds. The Kier molecular flexibility index (Phi) is 6.82. The second-order valence-corrected chi connectivity index (χ2v) is 11.0. The molecular formula is C27H34N2O4S. The largest absolute Gasteiger partial charge is 0.454 e. The summed E-state index contributed by atoms with van der Waals surface area (Å²) in [5.74, 6) is 2.90. The number of carbonyl (C=O) groups is 2. The lowest BCUT2D eigenvalue weighted by molar-refractivity contribution is -0.142. The van der Waals surface area contributed by atoms with Gasteiger partial charge in [-0.25, -0.2) is 0 Å². The maximum Gasteiger partial charge on any atom is 0.263 e. The van der Waals surface area contributed by atoms with Gasteiger partial charge in [-0.1, -0.05) is 38.8 Å². The number of amides is 2. The number of fused-ring (bicyclic) bond motifs is 1. The molecule has 34 heavy (non-hydrogen) atoms. The summed E-state index contributed by atoms with van der Waals surface area (Å²) in [4.78, 5) is 31.5. The van der Waals surface area contributed by atoms with Gasteiger partial charge in [-0.2, -0.15) is 0 Å². The van der Waals surface area contributed by atoms with Crippen molar-refractivity contribution in [2.75, 3.05) is 19.9 Å². The van der Waals surface area contributed by atoms with Gasteiger partial charge in [0.25, 0.3) is 5.91 Å². The third-order valence-corrected chi connectivity index (χ3v) is 8.86.